The fourth-order valence-corrected chi connectivity index (χ4v) is 3.55. The molecule has 2 rings (SSSR count). The van der Waals surface area contributed by atoms with E-state index in [1.54, 1.807) is 6.07 Å². The number of halogens is 3. The third-order valence-corrected chi connectivity index (χ3v) is 4.70. The van der Waals surface area contributed by atoms with Crippen LogP contribution in [0.4, 0.5) is 13.2 Å². The highest BCUT2D eigenvalue weighted by molar-refractivity contribution is 5.89. The second-order valence-electron chi connectivity index (χ2n) is 8.49. The molecule has 0 bridgehead atoms. The molecule has 1 heterocycles. The zero-order chi connectivity index (χ0) is 21.1. The molecule has 156 valence electrons. The first-order valence-electron chi connectivity index (χ1n) is 9.24. The van der Waals surface area contributed by atoms with E-state index >= 15 is 0 Å². The van der Waals surface area contributed by atoms with Crippen molar-refractivity contribution in [2.24, 2.45) is 11.3 Å². The Bertz CT molecular complexity index is 717. The van der Waals surface area contributed by atoms with Crippen molar-refractivity contribution < 1.29 is 22.8 Å². The molecular formula is C20H28F3N3O2. The van der Waals surface area contributed by atoms with Gasteiger partial charge in [0.15, 0.2) is 0 Å². The Balaban J connectivity index is 1.94. The SMILES string of the molecule is CN(C)CC(C)(C)CNC(=O)[C@@H]1CC(=O)N(Cc2cccc(C(F)(F)F)c2)C1. The largest absolute Gasteiger partial charge is 0.416 e. The van der Waals surface area contributed by atoms with Crippen LogP contribution >= 0.6 is 0 Å². The molecule has 1 saturated heterocycles. The van der Waals surface area contributed by atoms with Crippen LogP contribution in [0.5, 0.6) is 0 Å². The summed E-state index contributed by atoms with van der Waals surface area (Å²) >= 11 is 0. The molecular weight excluding hydrogens is 371 g/mol. The number of carbonyl (C=O) groups excluding carboxylic acids is 2. The second kappa shape index (κ2) is 8.51. The van der Waals surface area contributed by atoms with E-state index in [1.807, 2.05) is 32.8 Å². The van der Waals surface area contributed by atoms with Gasteiger partial charge < -0.3 is 15.1 Å². The van der Waals surface area contributed by atoms with Crippen molar-refractivity contribution in [3.05, 3.63) is 35.4 Å². The summed E-state index contributed by atoms with van der Waals surface area (Å²) in [5, 5.41) is 2.91. The average Bonchev–Trinajstić information content (AvgIpc) is 2.92. The molecule has 0 unspecified atom stereocenters. The lowest BCUT2D eigenvalue weighted by Crippen LogP contribution is -2.42. The van der Waals surface area contributed by atoms with Gasteiger partial charge in [-0.1, -0.05) is 26.0 Å². The number of carbonyl (C=O) groups is 2. The summed E-state index contributed by atoms with van der Waals surface area (Å²) in [4.78, 5) is 28.2. The van der Waals surface area contributed by atoms with Gasteiger partial charge in [0.05, 0.1) is 11.5 Å². The van der Waals surface area contributed by atoms with Crippen LogP contribution in [0, 0.1) is 11.3 Å². The van der Waals surface area contributed by atoms with Gasteiger partial charge in [-0.05, 0) is 37.2 Å². The summed E-state index contributed by atoms with van der Waals surface area (Å²) < 4.78 is 38.5. The molecule has 1 aromatic rings. The molecule has 28 heavy (non-hydrogen) atoms. The smallest absolute Gasteiger partial charge is 0.355 e. The van der Waals surface area contributed by atoms with Crippen LogP contribution < -0.4 is 5.32 Å². The Kier molecular flexibility index (Phi) is 6.75. The van der Waals surface area contributed by atoms with E-state index in [0.29, 0.717) is 12.1 Å². The minimum Gasteiger partial charge on any atom is -0.355 e. The zero-order valence-electron chi connectivity index (χ0n) is 16.8. The normalized spacial score (nSPS) is 18.1. The lowest BCUT2D eigenvalue weighted by Gasteiger charge is -2.29. The van der Waals surface area contributed by atoms with Crippen LogP contribution in [0.3, 0.4) is 0 Å². The van der Waals surface area contributed by atoms with Gasteiger partial charge >= 0.3 is 6.18 Å². The maximum atomic E-state index is 12.8. The Hall–Kier alpha value is -2.09. The molecule has 2 amide bonds. The molecule has 1 aromatic carbocycles. The van der Waals surface area contributed by atoms with Crippen molar-refractivity contribution in [1.29, 1.82) is 0 Å². The summed E-state index contributed by atoms with van der Waals surface area (Å²) in [5.74, 6) is -0.884. The number of likely N-dealkylation sites (tertiary alicyclic amines) is 1. The third-order valence-electron chi connectivity index (χ3n) is 4.70. The molecule has 1 fully saturated rings. The summed E-state index contributed by atoms with van der Waals surface area (Å²) in [6.07, 6.45) is -4.34. The van der Waals surface area contributed by atoms with E-state index < -0.39 is 17.7 Å². The number of benzene rings is 1. The molecule has 1 atom stereocenters. The number of hydrogen-bond acceptors (Lipinski definition) is 3. The summed E-state index contributed by atoms with van der Waals surface area (Å²) in [6.45, 7) is 5.68. The van der Waals surface area contributed by atoms with Crippen molar-refractivity contribution in [3.8, 4) is 0 Å². The molecule has 8 heteroatoms. The highest BCUT2D eigenvalue weighted by Crippen LogP contribution is 2.30. The van der Waals surface area contributed by atoms with Crippen LogP contribution in [0.25, 0.3) is 0 Å². The van der Waals surface area contributed by atoms with Crippen LogP contribution in [0.15, 0.2) is 24.3 Å². The molecule has 0 aromatic heterocycles. The van der Waals surface area contributed by atoms with Crippen molar-refractivity contribution in [3.63, 3.8) is 0 Å². The maximum Gasteiger partial charge on any atom is 0.416 e. The lowest BCUT2D eigenvalue weighted by atomic mass is 9.92. The fourth-order valence-electron chi connectivity index (χ4n) is 3.55. The number of rotatable bonds is 7. The molecule has 0 aliphatic carbocycles. The molecule has 1 N–H and O–H groups in total. The summed E-state index contributed by atoms with van der Waals surface area (Å²) in [5.41, 5.74) is -0.454. The minimum absolute atomic E-state index is 0.0681. The predicted octanol–water partition coefficient (Wildman–Crippen LogP) is 2.76. The highest BCUT2D eigenvalue weighted by atomic mass is 19.4. The molecule has 1 aliphatic rings. The van der Waals surface area contributed by atoms with Gasteiger partial charge in [-0.25, -0.2) is 0 Å². The van der Waals surface area contributed by atoms with Crippen LogP contribution in [0.1, 0.15) is 31.4 Å². The summed E-state index contributed by atoms with van der Waals surface area (Å²) in [6, 6.07) is 4.93. The predicted molar refractivity (Wildman–Crippen MR) is 100 cm³/mol. The monoisotopic (exact) mass is 399 g/mol. The Morgan fingerprint density at radius 3 is 2.57 bits per heavy atom. The molecule has 0 radical (unpaired) electrons. The number of amides is 2. The van der Waals surface area contributed by atoms with Gasteiger partial charge in [0.2, 0.25) is 11.8 Å². The summed E-state index contributed by atoms with van der Waals surface area (Å²) in [7, 11) is 3.93. The first-order chi connectivity index (χ1) is 12.9. The minimum atomic E-state index is -4.42. The molecule has 1 aliphatic heterocycles. The van der Waals surface area contributed by atoms with Gasteiger partial charge in [0, 0.05) is 32.6 Å². The van der Waals surface area contributed by atoms with Crippen LogP contribution in [-0.2, 0) is 22.3 Å². The number of alkyl halides is 3. The third kappa shape index (κ3) is 6.22. The average molecular weight is 399 g/mol. The van der Waals surface area contributed by atoms with Crippen molar-refractivity contribution in [1.82, 2.24) is 15.1 Å². The van der Waals surface area contributed by atoms with Crippen molar-refractivity contribution in [2.75, 3.05) is 33.7 Å². The first kappa shape index (κ1) is 22.2. The number of nitrogens with one attached hydrogen (secondary N) is 1. The van der Waals surface area contributed by atoms with Gasteiger partial charge in [-0.2, -0.15) is 13.2 Å². The first-order valence-corrected chi connectivity index (χ1v) is 9.24. The van der Waals surface area contributed by atoms with Gasteiger partial charge in [-0.3, -0.25) is 9.59 Å². The maximum absolute atomic E-state index is 12.8. The van der Waals surface area contributed by atoms with E-state index in [0.717, 1.165) is 18.7 Å². The van der Waals surface area contributed by atoms with Crippen LogP contribution in [0.2, 0.25) is 0 Å². The van der Waals surface area contributed by atoms with E-state index in [-0.39, 0.29) is 36.7 Å². The van der Waals surface area contributed by atoms with Crippen molar-refractivity contribution in [2.45, 2.75) is 33.0 Å². The van der Waals surface area contributed by atoms with E-state index in [9.17, 15) is 22.8 Å². The van der Waals surface area contributed by atoms with E-state index in [4.69, 9.17) is 0 Å². The molecule has 0 spiro atoms. The van der Waals surface area contributed by atoms with Gasteiger partial charge in [-0.15, -0.1) is 0 Å². The van der Waals surface area contributed by atoms with Crippen molar-refractivity contribution >= 4 is 11.8 Å². The molecule has 5 nitrogen and oxygen atoms in total. The number of nitrogens with zero attached hydrogens (tertiary/aromatic N) is 2. The standard InChI is InChI=1S/C20H28F3N3O2/c1-19(2,13-25(3)4)12-24-18(28)15-9-17(27)26(11-15)10-14-6-5-7-16(8-14)20(21,22)23/h5-8,15H,9-13H2,1-4H3,(H,24,28)/t15-/m1/s1. The van der Waals surface area contributed by atoms with Gasteiger partial charge in [0.25, 0.3) is 0 Å². The Morgan fingerprint density at radius 2 is 1.96 bits per heavy atom. The second-order valence-corrected chi connectivity index (χ2v) is 8.49. The Labute approximate surface area is 163 Å². The van der Waals surface area contributed by atoms with Gasteiger partial charge in [0.1, 0.15) is 0 Å². The highest BCUT2D eigenvalue weighted by Gasteiger charge is 2.35. The molecule has 0 saturated carbocycles. The fraction of sp³-hybridized carbons (Fsp3) is 0.600. The van der Waals surface area contributed by atoms with E-state index in [1.165, 1.54) is 11.0 Å². The van der Waals surface area contributed by atoms with E-state index in [2.05, 4.69) is 5.32 Å². The van der Waals surface area contributed by atoms with Crippen LogP contribution in [-0.4, -0.2) is 55.3 Å². The topological polar surface area (TPSA) is 52.7 Å². The quantitative estimate of drug-likeness (QED) is 0.767. The lowest BCUT2D eigenvalue weighted by molar-refractivity contribution is -0.137. The number of hydrogen-bond donors (Lipinski definition) is 1. The zero-order valence-corrected chi connectivity index (χ0v) is 16.8. The Morgan fingerprint density at radius 1 is 1.29 bits per heavy atom.